The molecule has 0 amide bonds. The molecule has 0 radical (unpaired) electrons. The number of hydrogen-bond donors (Lipinski definition) is 1. The Morgan fingerprint density at radius 2 is 2.05 bits per heavy atom. The molecule has 0 saturated carbocycles. The first-order valence-electron chi connectivity index (χ1n) is 7.84. The molecule has 0 aliphatic carbocycles. The van der Waals surface area contributed by atoms with Gasteiger partial charge in [0.2, 0.25) is 0 Å². The van der Waals surface area contributed by atoms with Crippen molar-refractivity contribution < 1.29 is 0 Å². The monoisotopic (exact) mass is 268 g/mol. The summed E-state index contributed by atoms with van der Waals surface area (Å²) in [4.78, 5) is 9.30. The Bertz CT molecular complexity index is 271. The lowest BCUT2D eigenvalue weighted by molar-refractivity contribution is 0.162. The summed E-state index contributed by atoms with van der Waals surface area (Å²) in [6.07, 6.45) is 2.60. The molecule has 0 aromatic heterocycles. The van der Waals surface area contributed by atoms with Crippen LogP contribution in [0.1, 0.15) is 40.5 Å². The van der Waals surface area contributed by atoms with Crippen molar-refractivity contribution in [2.45, 2.75) is 40.5 Å². The Balaban J connectivity index is 2.41. The lowest BCUT2D eigenvalue weighted by Gasteiger charge is -2.33. The molecule has 1 aliphatic rings. The van der Waals surface area contributed by atoms with E-state index in [0.29, 0.717) is 11.9 Å². The fraction of sp³-hybridized carbons (Fsp3) is 0.933. The van der Waals surface area contributed by atoms with Crippen molar-refractivity contribution in [3.05, 3.63) is 0 Å². The van der Waals surface area contributed by atoms with Crippen LogP contribution in [-0.2, 0) is 0 Å². The first kappa shape index (κ1) is 16.3. The van der Waals surface area contributed by atoms with Crippen molar-refractivity contribution in [3.63, 3.8) is 0 Å². The summed E-state index contributed by atoms with van der Waals surface area (Å²) in [6, 6.07) is 0. The summed E-state index contributed by atoms with van der Waals surface area (Å²) < 4.78 is 0. The maximum atomic E-state index is 6.03. The van der Waals surface area contributed by atoms with Gasteiger partial charge in [0.15, 0.2) is 5.96 Å². The molecule has 0 aromatic rings. The molecule has 1 fully saturated rings. The third-order valence-corrected chi connectivity index (χ3v) is 3.83. The minimum absolute atomic E-state index is 0.682. The van der Waals surface area contributed by atoms with E-state index < -0.39 is 0 Å². The van der Waals surface area contributed by atoms with E-state index in [1.807, 2.05) is 0 Å². The second-order valence-electron chi connectivity index (χ2n) is 6.03. The van der Waals surface area contributed by atoms with Crippen LogP contribution >= 0.6 is 0 Å². The number of aliphatic imine (C=N–C) groups is 1. The average Bonchev–Trinajstić information content (AvgIpc) is 2.37. The fourth-order valence-electron chi connectivity index (χ4n) is 2.85. The van der Waals surface area contributed by atoms with Gasteiger partial charge in [-0.25, -0.2) is 0 Å². The van der Waals surface area contributed by atoms with Gasteiger partial charge in [-0.2, -0.15) is 0 Å². The fourth-order valence-corrected chi connectivity index (χ4v) is 2.85. The van der Waals surface area contributed by atoms with Crippen molar-refractivity contribution in [3.8, 4) is 0 Å². The van der Waals surface area contributed by atoms with Crippen LogP contribution in [0, 0.1) is 11.8 Å². The number of nitrogens with two attached hydrogens (primary N) is 1. The van der Waals surface area contributed by atoms with E-state index in [2.05, 4.69) is 42.5 Å². The molecule has 4 nitrogen and oxygen atoms in total. The van der Waals surface area contributed by atoms with E-state index in [1.165, 1.54) is 32.5 Å². The van der Waals surface area contributed by atoms with Crippen LogP contribution in [0.25, 0.3) is 0 Å². The summed E-state index contributed by atoms with van der Waals surface area (Å²) in [6.45, 7) is 15.2. The molecular weight excluding hydrogens is 236 g/mol. The molecule has 1 rings (SSSR count). The Kier molecular flexibility index (Phi) is 7.21. The number of likely N-dealkylation sites (tertiary alicyclic amines) is 1. The molecule has 2 N–H and O–H groups in total. The summed E-state index contributed by atoms with van der Waals surface area (Å²) in [5, 5.41) is 0. The minimum Gasteiger partial charge on any atom is -0.370 e. The van der Waals surface area contributed by atoms with Crippen molar-refractivity contribution in [2.75, 3.05) is 39.3 Å². The normalized spacial score (nSPS) is 21.9. The molecule has 0 spiro atoms. The predicted octanol–water partition coefficient (Wildman–Crippen LogP) is 2.01. The maximum absolute atomic E-state index is 6.03. The SMILES string of the molecule is CCN(CC)C(N)=NCC1CCCN(CC(C)C)C1. The van der Waals surface area contributed by atoms with E-state index in [9.17, 15) is 0 Å². The highest BCUT2D eigenvalue weighted by Crippen LogP contribution is 2.17. The third-order valence-electron chi connectivity index (χ3n) is 3.83. The van der Waals surface area contributed by atoms with Gasteiger partial charge >= 0.3 is 0 Å². The Morgan fingerprint density at radius 1 is 1.37 bits per heavy atom. The lowest BCUT2D eigenvalue weighted by atomic mass is 9.97. The second kappa shape index (κ2) is 8.41. The zero-order valence-corrected chi connectivity index (χ0v) is 13.2. The number of rotatable bonds is 6. The molecule has 0 bridgehead atoms. The standard InChI is InChI=1S/C15H32N4/c1-5-19(6-2)15(16)17-10-14-8-7-9-18(12-14)11-13(3)4/h13-14H,5-12H2,1-4H3,(H2,16,17). The van der Waals surface area contributed by atoms with Gasteiger partial charge in [0.05, 0.1) is 0 Å². The number of hydrogen-bond acceptors (Lipinski definition) is 2. The van der Waals surface area contributed by atoms with Gasteiger partial charge in [-0.1, -0.05) is 13.8 Å². The van der Waals surface area contributed by atoms with Gasteiger partial charge in [-0.3, -0.25) is 4.99 Å². The van der Waals surface area contributed by atoms with Crippen LogP contribution in [0.3, 0.4) is 0 Å². The highest BCUT2D eigenvalue weighted by molar-refractivity contribution is 5.77. The molecule has 0 aromatic carbocycles. The van der Waals surface area contributed by atoms with Gasteiger partial charge in [-0.05, 0) is 45.1 Å². The molecule has 4 heteroatoms. The van der Waals surface area contributed by atoms with Crippen molar-refractivity contribution in [1.29, 1.82) is 0 Å². The number of piperidine rings is 1. The van der Waals surface area contributed by atoms with Crippen LogP contribution < -0.4 is 5.73 Å². The second-order valence-corrected chi connectivity index (χ2v) is 6.03. The molecule has 1 unspecified atom stereocenters. The molecule has 112 valence electrons. The van der Waals surface area contributed by atoms with Gasteiger partial charge in [0, 0.05) is 32.7 Å². The Morgan fingerprint density at radius 3 is 2.63 bits per heavy atom. The van der Waals surface area contributed by atoms with Crippen molar-refractivity contribution in [1.82, 2.24) is 9.80 Å². The van der Waals surface area contributed by atoms with Gasteiger partial charge in [0.1, 0.15) is 0 Å². The largest absolute Gasteiger partial charge is 0.370 e. The van der Waals surface area contributed by atoms with Crippen molar-refractivity contribution in [2.24, 2.45) is 22.6 Å². The summed E-state index contributed by atoms with van der Waals surface area (Å²) in [5.41, 5.74) is 6.03. The smallest absolute Gasteiger partial charge is 0.191 e. The van der Waals surface area contributed by atoms with Crippen LogP contribution in [0.5, 0.6) is 0 Å². The molecule has 19 heavy (non-hydrogen) atoms. The van der Waals surface area contributed by atoms with E-state index in [1.54, 1.807) is 0 Å². The van der Waals surface area contributed by atoms with Gasteiger partial charge in [0.25, 0.3) is 0 Å². The van der Waals surface area contributed by atoms with E-state index >= 15 is 0 Å². The minimum atomic E-state index is 0.682. The highest BCUT2D eigenvalue weighted by atomic mass is 15.2. The van der Waals surface area contributed by atoms with E-state index in [0.717, 1.165) is 25.6 Å². The predicted molar refractivity (Wildman–Crippen MR) is 83.4 cm³/mol. The van der Waals surface area contributed by atoms with E-state index in [-0.39, 0.29) is 0 Å². The molecular formula is C15H32N4. The first-order valence-corrected chi connectivity index (χ1v) is 7.84. The van der Waals surface area contributed by atoms with Crippen LogP contribution in [0.2, 0.25) is 0 Å². The highest BCUT2D eigenvalue weighted by Gasteiger charge is 2.20. The number of guanidine groups is 1. The molecule has 1 heterocycles. The summed E-state index contributed by atoms with van der Waals surface area (Å²) in [7, 11) is 0. The maximum Gasteiger partial charge on any atom is 0.191 e. The molecule has 1 atom stereocenters. The van der Waals surface area contributed by atoms with Crippen LogP contribution in [0.15, 0.2) is 4.99 Å². The first-order chi connectivity index (χ1) is 9.06. The van der Waals surface area contributed by atoms with Crippen molar-refractivity contribution >= 4 is 5.96 Å². The van der Waals surface area contributed by atoms with Gasteiger partial charge < -0.3 is 15.5 Å². The lowest BCUT2D eigenvalue weighted by Crippen LogP contribution is -2.40. The quantitative estimate of drug-likeness (QED) is 0.592. The Labute approximate surface area is 119 Å². The molecule has 1 saturated heterocycles. The molecule has 1 aliphatic heterocycles. The topological polar surface area (TPSA) is 44.9 Å². The third kappa shape index (κ3) is 5.81. The summed E-state index contributed by atoms with van der Waals surface area (Å²) in [5.74, 6) is 2.15. The Hall–Kier alpha value is -0.770. The summed E-state index contributed by atoms with van der Waals surface area (Å²) >= 11 is 0. The zero-order chi connectivity index (χ0) is 14.3. The van der Waals surface area contributed by atoms with Crippen LogP contribution in [0.4, 0.5) is 0 Å². The van der Waals surface area contributed by atoms with E-state index in [4.69, 9.17) is 5.73 Å². The van der Waals surface area contributed by atoms with Gasteiger partial charge in [-0.15, -0.1) is 0 Å². The zero-order valence-electron chi connectivity index (χ0n) is 13.2. The average molecular weight is 268 g/mol. The van der Waals surface area contributed by atoms with Crippen LogP contribution in [-0.4, -0.2) is 55.0 Å². The number of nitrogens with zero attached hydrogens (tertiary/aromatic N) is 3.